The van der Waals surface area contributed by atoms with Crippen molar-refractivity contribution in [3.8, 4) is 11.5 Å². The number of hydrogen-bond donors (Lipinski definition) is 1. The van der Waals surface area contributed by atoms with E-state index in [9.17, 15) is 8.78 Å². The first kappa shape index (κ1) is 16.5. The fraction of sp³-hybridized carbons (Fsp3) is 0.294. The van der Waals surface area contributed by atoms with Crippen molar-refractivity contribution < 1.29 is 17.9 Å². The number of anilines is 1. The summed E-state index contributed by atoms with van der Waals surface area (Å²) >= 11 is 0. The summed E-state index contributed by atoms with van der Waals surface area (Å²) in [4.78, 5) is 8.45. The number of nitrogens with one attached hydrogen (secondary N) is 1. The summed E-state index contributed by atoms with van der Waals surface area (Å²) in [5.41, 5.74) is 2.24. The van der Waals surface area contributed by atoms with Gasteiger partial charge in [-0.15, -0.1) is 10.2 Å². The highest BCUT2D eigenvalue weighted by atomic mass is 19.3. The van der Waals surface area contributed by atoms with E-state index in [1.165, 1.54) is 18.0 Å². The van der Waals surface area contributed by atoms with Gasteiger partial charge in [0, 0.05) is 12.4 Å². The van der Waals surface area contributed by atoms with Crippen LogP contribution in [0, 0.1) is 6.92 Å². The smallest absolute Gasteiger partial charge is 0.314 e. The molecule has 0 spiro atoms. The first-order chi connectivity index (χ1) is 12.6. The van der Waals surface area contributed by atoms with E-state index in [-0.39, 0.29) is 11.4 Å². The number of nitrogens with zero attached hydrogens (tertiary/aromatic N) is 4. The first-order valence-corrected chi connectivity index (χ1v) is 7.93. The Morgan fingerprint density at radius 1 is 1.08 bits per heavy atom. The molecule has 0 saturated carbocycles. The van der Waals surface area contributed by atoms with Crippen LogP contribution in [0.15, 0.2) is 41.1 Å². The van der Waals surface area contributed by atoms with Crippen LogP contribution in [-0.4, -0.2) is 33.4 Å². The van der Waals surface area contributed by atoms with E-state index >= 15 is 0 Å². The van der Waals surface area contributed by atoms with Gasteiger partial charge in [0.1, 0.15) is 5.54 Å². The maximum atomic E-state index is 12.5. The molecule has 0 bridgehead atoms. The number of ether oxygens (including phenoxy) is 1. The molecule has 1 aromatic carbocycles. The second kappa shape index (κ2) is 6.41. The van der Waals surface area contributed by atoms with Gasteiger partial charge in [-0.2, -0.15) is 8.78 Å². The van der Waals surface area contributed by atoms with Gasteiger partial charge in [-0.3, -0.25) is 0 Å². The van der Waals surface area contributed by atoms with Gasteiger partial charge in [0.2, 0.25) is 5.95 Å². The zero-order chi connectivity index (χ0) is 18.1. The van der Waals surface area contributed by atoms with Crippen molar-refractivity contribution in [3.63, 3.8) is 0 Å². The molecule has 0 amide bonds. The van der Waals surface area contributed by atoms with Gasteiger partial charge in [0.05, 0.1) is 18.8 Å². The van der Waals surface area contributed by atoms with Crippen LogP contribution in [0.5, 0.6) is 0 Å². The third-order valence-electron chi connectivity index (χ3n) is 4.18. The second-order valence-electron chi connectivity index (χ2n) is 6.11. The highest BCUT2D eigenvalue weighted by molar-refractivity contribution is 5.51. The van der Waals surface area contributed by atoms with Crippen molar-refractivity contribution in [1.29, 1.82) is 0 Å². The highest BCUT2D eigenvalue weighted by Crippen LogP contribution is 2.33. The van der Waals surface area contributed by atoms with Gasteiger partial charge in [0.25, 0.3) is 11.8 Å². The SMILES string of the molecule is Cc1ccc(C2(Nc3ncc(-c4nnc(C(F)F)o4)cn3)COC2)cc1. The van der Waals surface area contributed by atoms with Gasteiger partial charge >= 0.3 is 6.43 Å². The molecule has 1 N–H and O–H groups in total. The van der Waals surface area contributed by atoms with Gasteiger partial charge in [-0.1, -0.05) is 29.8 Å². The summed E-state index contributed by atoms with van der Waals surface area (Å²) in [6, 6.07) is 8.17. The van der Waals surface area contributed by atoms with Crippen molar-refractivity contribution in [2.75, 3.05) is 18.5 Å². The number of alkyl halides is 2. The van der Waals surface area contributed by atoms with Crippen LogP contribution >= 0.6 is 0 Å². The lowest BCUT2D eigenvalue weighted by molar-refractivity contribution is -0.0450. The average molecular weight is 359 g/mol. The van der Waals surface area contributed by atoms with Crippen molar-refractivity contribution in [1.82, 2.24) is 20.2 Å². The average Bonchev–Trinajstić information content (AvgIpc) is 3.10. The van der Waals surface area contributed by atoms with E-state index < -0.39 is 12.3 Å². The summed E-state index contributed by atoms with van der Waals surface area (Å²) in [6.07, 6.45) is 0.0760. The molecular weight excluding hydrogens is 344 g/mol. The quantitative estimate of drug-likeness (QED) is 0.749. The molecule has 0 unspecified atom stereocenters. The van der Waals surface area contributed by atoms with Crippen LogP contribution in [0.2, 0.25) is 0 Å². The summed E-state index contributed by atoms with van der Waals surface area (Å²) in [5, 5.41) is 10.2. The predicted molar refractivity (Wildman–Crippen MR) is 87.6 cm³/mol. The van der Waals surface area contributed by atoms with E-state index in [1.54, 1.807) is 0 Å². The van der Waals surface area contributed by atoms with Crippen LogP contribution in [0.25, 0.3) is 11.5 Å². The largest absolute Gasteiger partial charge is 0.415 e. The van der Waals surface area contributed by atoms with Crippen LogP contribution in [0.1, 0.15) is 23.4 Å². The van der Waals surface area contributed by atoms with Gasteiger partial charge in [-0.05, 0) is 12.5 Å². The van der Waals surface area contributed by atoms with E-state index in [2.05, 4.69) is 25.5 Å². The van der Waals surface area contributed by atoms with Crippen LogP contribution in [0.3, 0.4) is 0 Å². The third kappa shape index (κ3) is 3.01. The molecule has 3 heterocycles. The molecule has 7 nitrogen and oxygen atoms in total. The molecule has 0 radical (unpaired) electrons. The lowest BCUT2D eigenvalue weighted by Gasteiger charge is -2.42. The lowest BCUT2D eigenvalue weighted by Crippen LogP contribution is -2.53. The van der Waals surface area contributed by atoms with Crippen molar-refractivity contribution >= 4 is 5.95 Å². The summed E-state index contributed by atoms with van der Waals surface area (Å²) < 4.78 is 35.3. The van der Waals surface area contributed by atoms with Gasteiger partial charge in [0.15, 0.2) is 0 Å². The number of hydrogen-bond acceptors (Lipinski definition) is 7. The molecule has 1 saturated heterocycles. The number of aryl methyl sites for hydroxylation is 1. The van der Waals surface area contributed by atoms with Gasteiger partial charge in [-0.25, -0.2) is 9.97 Å². The Kier molecular flexibility index (Phi) is 4.08. The Morgan fingerprint density at radius 2 is 1.77 bits per heavy atom. The zero-order valence-corrected chi connectivity index (χ0v) is 13.8. The summed E-state index contributed by atoms with van der Waals surface area (Å²) in [6.45, 7) is 3.03. The van der Waals surface area contributed by atoms with Crippen LogP contribution in [0.4, 0.5) is 14.7 Å². The number of aromatic nitrogens is 4. The Labute approximate surface area is 147 Å². The minimum atomic E-state index is -2.81. The number of rotatable bonds is 5. The summed E-state index contributed by atoms with van der Waals surface area (Å²) in [7, 11) is 0. The molecule has 1 fully saturated rings. The fourth-order valence-electron chi connectivity index (χ4n) is 2.65. The third-order valence-corrected chi connectivity index (χ3v) is 4.18. The monoisotopic (exact) mass is 359 g/mol. The first-order valence-electron chi connectivity index (χ1n) is 7.93. The van der Waals surface area contributed by atoms with E-state index in [4.69, 9.17) is 9.15 Å². The standard InChI is InChI=1S/C17H15F2N5O2/c1-10-2-4-12(5-3-10)17(8-25-9-17)22-16-20-6-11(7-21-16)14-23-24-15(26-14)13(18)19/h2-7,13H,8-9H2,1H3,(H,20,21,22). The number of benzene rings is 1. The molecular formula is C17H15F2N5O2. The molecule has 1 aliphatic heterocycles. The van der Waals surface area contributed by atoms with E-state index in [0.717, 1.165) is 5.56 Å². The predicted octanol–water partition coefficient (Wildman–Crippen LogP) is 3.11. The van der Waals surface area contributed by atoms with Crippen LogP contribution < -0.4 is 5.32 Å². The lowest BCUT2D eigenvalue weighted by atomic mass is 9.87. The maximum Gasteiger partial charge on any atom is 0.314 e. The summed E-state index contributed by atoms with van der Waals surface area (Å²) in [5.74, 6) is -0.384. The number of halogens is 2. The normalized spacial score (nSPS) is 15.7. The van der Waals surface area contributed by atoms with Crippen molar-refractivity contribution in [2.24, 2.45) is 0 Å². The molecule has 0 aliphatic carbocycles. The Bertz CT molecular complexity index is 892. The zero-order valence-electron chi connectivity index (χ0n) is 13.8. The van der Waals surface area contributed by atoms with Crippen LogP contribution in [-0.2, 0) is 10.3 Å². The highest BCUT2D eigenvalue weighted by Gasteiger charge is 2.41. The fourth-order valence-corrected chi connectivity index (χ4v) is 2.65. The minimum Gasteiger partial charge on any atom is -0.415 e. The molecule has 1 aliphatic rings. The molecule has 4 rings (SSSR count). The molecule has 2 aromatic heterocycles. The molecule has 9 heteroatoms. The van der Waals surface area contributed by atoms with E-state index in [0.29, 0.717) is 24.7 Å². The van der Waals surface area contributed by atoms with Crippen molar-refractivity contribution in [3.05, 3.63) is 53.7 Å². The Hall–Kier alpha value is -2.94. The maximum absolute atomic E-state index is 12.5. The molecule has 26 heavy (non-hydrogen) atoms. The Balaban J connectivity index is 1.54. The Morgan fingerprint density at radius 3 is 2.31 bits per heavy atom. The van der Waals surface area contributed by atoms with E-state index in [1.807, 2.05) is 31.2 Å². The second-order valence-corrected chi connectivity index (χ2v) is 6.11. The van der Waals surface area contributed by atoms with Gasteiger partial charge < -0.3 is 14.5 Å². The molecule has 134 valence electrons. The molecule has 0 atom stereocenters. The molecule has 3 aromatic rings. The topological polar surface area (TPSA) is 86.0 Å². The van der Waals surface area contributed by atoms with Crippen molar-refractivity contribution in [2.45, 2.75) is 18.9 Å². The minimum absolute atomic E-state index is 0.0490.